The lowest BCUT2D eigenvalue weighted by molar-refractivity contribution is -0.129. The van der Waals surface area contributed by atoms with Crippen LogP contribution in [-0.2, 0) is 24.3 Å². The van der Waals surface area contributed by atoms with Gasteiger partial charge in [-0.15, -0.1) is 0 Å². The maximum Gasteiger partial charge on any atom is 0.219 e. The number of amides is 1. The molecule has 5 rings (SSSR count). The first-order valence-electron chi connectivity index (χ1n) is 12.9. The highest BCUT2D eigenvalue weighted by atomic mass is 19.1. The molecule has 0 radical (unpaired) electrons. The molecule has 2 aliphatic rings. The number of hydrogen-bond acceptors (Lipinski definition) is 5. The number of aromatic nitrogens is 2. The summed E-state index contributed by atoms with van der Waals surface area (Å²) in [7, 11) is 0. The summed E-state index contributed by atoms with van der Waals surface area (Å²) in [6.07, 6.45) is -0.379. The van der Waals surface area contributed by atoms with Gasteiger partial charge < -0.3 is 9.80 Å². The molecule has 1 saturated heterocycles. The number of nitriles is 1. The number of hydrogen-bond donors (Lipinski definition) is 0. The number of carbonyl (C=O) groups is 1. The van der Waals surface area contributed by atoms with Gasteiger partial charge in [-0.05, 0) is 19.1 Å². The van der Waals surface area contributed by atoms with E-state index in [2.05, 4.69) is 28.0 Å². The van der Waals surface area contributed by atoms with Crippen molar-refractivity contribution >= 4 is 11.6 Å². The van der Waals surface area contributed by atoms with Crippen LogP contribution in [0.3, 0.4) is 0 Å². The molecule has 2 aliphatic heterocycles. The SMILES string of the molecule is CC(=O)N1CCc2c(c(-c3ccc(C)cc3)nn2CC(F)CN2CCN(c3ccccc3C#N)CC2)C1. The van der Waals surface area contributed by atoms with Crippen molar-refractivity contribution in [3.63, 3.8) is 0 Å². The van der Waals surface area contributed by atoms with E-state index in [1.807, 2.05) is 52.9 Å². The highest BCUT2D eigenvalue weighted by Crippen LogP contribution is 2.31. The van der Waals surface area contributed by atoms with Crippen molar-refractivity contribution in [2.75, 3.05) is 44.2 Å². The van der Waals surface area contributed by atoms with Gasteiger partial charge in [-0.25, -0.2) is 4.39 Å². The fraction of sp³-hybridized carbons (Fsp3) is 0.414. The van der Waals surface area contributed by atoms with Crippen molar-refractivity contribution in [2.24, 2.45) is 0 Å². The summed E-state index contributed by atoms with van der Waals surface area (Å²) in [6, 6.07) is 18.1. The molecule has 0 bridgehead atoms. The summed E-state index contributed by atoms with van der Waals surface area (Å²) in [5, 5.41) is 14.3. The minimum Gasteiger partial charge on any atom is -0.368 e. The van der Waals surface area contributed by atoms with Crippen LogP contribution in [0, 0.1) is 18.3 Å². The molecular formula is C29H33FN6O. The number of nitrogens with zero attached hydrogens (tertiary/aromatic N) is 6. The second-order valence-corrected chi connectivity index (χ2v) is 10.0. The van der Waals surface area contributed by atoms with Crippen molar-refractivity contribution in [1.29, 1.82) is 5.26 Å². The molecule has 3 aromatic rings. The Morgan fingerprint density at radius 1 is 1.05 bits per heavy atom. The van der Waals surface area contributed by atoms with Gasteiger partial charge in [-0.3, -0.25) is 14.4 Å². The Bertz CT molecular complexity index is 1300. The Balaban J connectivity index is 1.27. The number of carbonyl (C=O) groups excluding carboxylic acids is 1. The molecule has 0 N–H and O–H groups in total. The number of benzene rings is 2. The average Bonchev–Trinajstić information content (AvgIpc) is 3.26. The number of rotatable bonds is 6. The van der Waals surface area contributed by atoms with Gasteiger partial charge in [0.25, 0.3) is 0 Å². The number of halogens is 1. The van der Waals surface area contributed by atoms with Crippen LogP contribution in [0.4, 0.5) is 10.1 Å². The summed E-state index contributed by atoms with van der Waals surface area (Å²) in [5.74, 6) is 0.0492. The number of alkyl halides is 1. The average molecular weight is 501 g/mol. The Morgan fingerprint density at radius 3 is 2.49 bits per heavy atom. The summed E-state index contributed by atoms with van der Waals surface area (Å²) < 4.78 is 17.3. The van der Waals surface area contributed by atoms with E-state index < -0.39 is 6.17 Å². The Morgan fingerprint density at radius 2 is 1.78 bits per heavy atom. The smallest absolute Gasteiger partial charge is 0.219 e. The molecule has 0 aliphatic carbocycles. The minimum atomic E-state index is -1.06. The van der Waals surface area contributed by atoms with Crippen molar-refractivity contribution in [2.45, 2.75) is 39.5 Å². The first-order valence-corrected chi connectivity index (χ1v) is 12.9. The number of aryl methyl sites for hydroxylation is 1. The minimum absolute atomic E-state index is 0.0492. The summed E-state index contributed by atoms with van der Waals surface area (Å²) >= 11 is 0. The molecule has 2 aromatic carbocycles. The normalized spacial score (nSPS) is 16.8. The zero-order valence-corrected chi connectivity index (χ0v) is 21.5. The predicted octanol–water partition coefficient (Wildman–Crippen LogP) is 3.80. The molecule has 1 amide bonds. The van der Waals surface area contributed by atoms with Crippen molar-refractivity contribution in [3.05, 3.63) is 70.9 Å². The van der Waals surface area contributed by atoms with Crippen LogP contribution in [-0.4, -0.2) is 70.9 Å². The second-order valence-electron chi connectivity index (χ2n) is 10.0. The van der Waals surface area contributed by atoms with E-state index in [1.165, 1.54) is 5.56 Å². The van der Waals surface area contributed by atoms with E-state index in [4.69, 9.17) is 5.10 Å². The Hall–Kier alpha value is -3.70. The third-order valence-electron chi connectivity index (χ3n) is 7.47. The highest BCUT2D eigenvalue weighted by molar-refractivity contribution is 5.74. The first-order chi connectivity index (χ1) is 17.9. The molecule has 3 heterocycles. The van der Waals surface area contributed by atoms with E-state index in [9.17, 15) is 10.1 Å². The van der Waals surface area contributed by atoms with Gasteiger partial charge in [0.15, 0.2) is 0 Å². The zero-order chi connectivity index (χ0) is 25.9. The molecule has 8 heteroatoms. The predicted molar refractivity (Wildman–Crippen MR) is 142 cm³/mol. The van der Waals surface area contributed by atoms with Gasteiger partial charge in [0.05, 0.1) is 23.5 Å². The summed E-state index contributed by atoms with van der Waals surface area (Å²) in [5.41, 5.74) is 6.70. The second kappa shape index (κ2) is 10.7. The lowest BCUT2D eigenvalue weighted by Gasteiger charge is -2.37. The number of anilines is 1. The van der Waals surface area contributed by atoms with E-state index in [-0.39, 0.29) is 12.5 Å². The van der Waals surface area contributed by atoms with Crippen LogP contribution in [0.25, 0.3) is 11.3 Å². The molecule has 7 nitrogen and oxygen atoms in total. The highest BCUT2D eigenvalue weighted by Gasteiger charge is 2.28. The quantitative estimate of drug-likeness (QED) is 0.515. The lowest BCUT2D eigenvalue weighted by atomic mass is 10.00. The van der Waals surface area contributed by atoms with Crippen LogP contribution >= 0.6 is 0 Å². The van der Waals surface area contributed by atoms with E-state index in [1.54, 1.807) is 6.92 Å². The van der Waals surface area contributed by atoms with Gasteiger partial charge in [0, 0.05) is 76.0 Å². The third-order valence-corrected chi connectivity index (χ3v) is 7.47. The van der Waals surface area contributed by atoms with Gasteiger partial charge in [0.1, 0.15) is 12.2 Å². The van der Waals surface area contributed by atoms with E-state index >= 15 is 4.39 Å². The first kappa shape index (κ1) is 25.0. The van der Waals surface area contributed by atoms with Crippen molar-refractivity contribution in [1.82, 2.24) is 19.6 Å². The fourth-order valence-corrected chi connectivity index (χ4v) is 5.39. The van der Waals surface area contributed by atoms with Crippen LogP contribution in [0.1, 0.15) is 29.3 Å². The molecule has 37 heavy (non-hydrogen) atoms. The summed E-state index contributed by atoms with van der Waals surface area (Å²) in [6.45, 7) is 8.36. The van der Waals surface area contributed by atoms with Gasteiger partial charge in [-0.1, -0.05) is 42.0 Å². The molecule has 1 atom stereocenters. The van der Waals surface area contributed by atoms with Crippen LogP contribution in [0.15, 0.2) is 48.5 Å². The molecular weight excluding hydrogens is 467 g/mol. The Kier molecular flexibility index (Phi) is 7.24. The number of fused-ring (bicyclic) bond motifs is 1. The Labute approximate surface area is 217 Å². The fourth-order valence-electron chi connectivity index (χ4n) is 5.39. The molecule has 1 aromatic heterocycles. The van der Waals surface area contributed by atoms with Gasteiger partial charge >= 0.3 is 0 Å². The largest absolute Gasteiger partial charge is 0.368 e. The standard InChI is InChI=1S/C29H33FN6O/c1-21-7-9-23(10-8-21)29-26-20-35(22(2)37)12-11-28(26)36(32-29)19-25(30)18-33-13-15-34(16-14-33)27-6-4-3-5-24(27)17-31/h3-10,25H,11-16,18-20H2,1-2H3. The zero-order valence-electron chi connectivity index (χ0n) is 21.5. The topological polar surface area (TPSA) is 68.4 Å². The lowest BCUT2D eigenvalue weighted by Crippen LogP contribution is -2.48. The number of para-hydroxylation sites is 1. The molecule has 192 valence electrons. The van der Waals surface area contributed by atoms with Crippen LogP contribution in [0.2, 0.25) is 0 Å². The maximum absolute atomic E-state index is 15.4. The van der Waals surface area contributed by atoms with Crippen molar-refractivity contribution < 1.29 is 9.18 Å². The van der Waals surface area contributed by atoms with E-state index in [0.717, 1.165) is 54.4 Å². The van der Waals surface area contributed by atoms with Gasteiger partial charge in [-0.2, -0.15) is 10.4 Å². The third kappa shape index (κ3) is 5.37. The molecule has 0 spiro atoms. The molecule has 1 fully saturated rings. The summed E-state index contributed by atoms with van der Waals surface area (Å²) in [4.78, 5) is 18.3. The maximum atomic E-state index is 15.4. The van der Waals surface area contributed by atoms with E-state index in [0.29, 0.717) is 31.6 Å². The van der Waals surface area contributed by atoms with Gasteiger partial charge in [0.2, 0.25) is 5.91 Å². The number of piperazine rings is 1. The monoisotopic (exact) mass is 500 g/mol. The molecule has 1 unspecified atom stereocenters. The van der Waals surface area contributed by atoms with Crippen LogP contribution in [0.5, 0.6) is 0 Å². The van der Waals surface area contributed by atoms with Crippen molar-refractivity contribution in [3.8, 4) is 17.3 Å². The molecule has 0 saturated carbocycles. The van der Waals surface area contributed by atoms with Crippen LogP contribution < -0.4 is 4.90 Å².